The number of hydrogen-bond donors (Lipinski definition) is 1. The van der Waals surface area contributed by atoms with Gasteiger partial charge in [-0.2, -0.15) is 4.98 Å². The van der Waals surface area contributed by atoms with E-state index in [0.29, 0.717) is 18.4 Å². The molecule has 0 bridgehead atoms. The molecule has 0 spiro atoms. The summed E-state index contributed by atoms with van der Waals surface area (Å²) >= 11 is 0. The molecule has 1 aromatic carbocycles. The summed E-state index contributed by atoms with van der Waals surface area (Å²) in [6.07, 6.45) is 1.56. The molecule has 4 rings (SSSR count). The number of ether oxygens (including phenoxy) is 2. The lowest BCUT2D eigenvalue weighted by molar-refractivity contribution is -0.125. The molecule has 1 amide bonds. The van der Waals surface area contributed by atoms with Gasteiger partial charge >= 0.3 is 6.01 Å². The van der Waals surface area contributed by atoms with E-state index in [0.717, 1.165) is 70.1 Å². The maximum atomic E-state index is 12.5. The van der Waals surface area contributed by atoms with Crippen molar-refractivity contribution in [1.29, 1.82) is 0 Å². The van der Waals surface area contributed by atoms with Crippen LogP contribution in [0.4, 0.5) is 6.01 Å². The molecule has 162 valence electrons. The van der Waals surface area contributed by atoms with Gasteiger partial charge < -0.3 is 24.2 Å². The van der Waals surface area contributed by atoms with Crippen LogP contribution < -0.4 is 15.0 Å². The molecule has 1 N–H and O–H groups in total. The smallest absolute Gasteiger partial charge is 0.324 e. The van der Waals surface area contributed by atoms with Crippen LogP contribution >= 0.6 is 0 Å². The number of morpholine rings is 1. The number of rotatable bonds is 7. The Labute approximate surface area is 176 Å². The van der Waals surface area contributed by atoms with E-state index in [1.54, 1.807) is 7.11 Å². The van der Waals surface area contributed by atoms with Gasteiger partial charge in [0, 0.05) is 50.7 Å². The summed E-state index contributed by atoms with van der Waals surface area (Å²) < 4.78 is 16.0. The number of aromatic nitrogens is 2. The minimum Gasteiger partial charge on any atom is -0.497 e. The Kier molecular flexibility index (Phi) is 6.81. The lowest BCUT2D eigenvalue weighted by Crippen LogP contribution is -2.44. The quantitative estimate of drug-likeness (QED) is 0.726. The van der Waals surface area contributed by atoms with Gasteiger partial charge in [-0.15, -0.1) is 0 Å². The zero-order valence-corrected chi connectivity index (χ0v) is 17.4. The van der Waals surface area contributed by atoms with Crippen LogP contribution in [0.15, 0.2) is 28.8 Å². The predicted octanol–water partition coefficient (Wildman–Crippen LogP) is 1.41. The zero-order chi connectivity index (χ0) is 20.8. The Morgan fingerprint density at radius 3 is 2.60 bits per heavy atom. The average Bonchev–Trinajstić information content (AvgIpc) is 3.30. The number of nitrogens with zero attached hydrogens (tertiary/aromatic N) is 4. The van der Waals surface area contributed by atoms with E-state index >= 15 is 0 Å². The summed E-state index contributed by atoms with van der Waals surface area (Å²) in [7, 11) is 1.63. The number of carbonyl (C=O) groups excluding carboxylic acids is 1. The van der Waals surface area contributed by atoms with E-state index in [2.05, 4.69) is 25.3 Å². The molecule has 0 saturated carbocycles. The number of carbonyl (C=O) groups is 1. The molecule has 2 aromatic rings. The minimum atomic E-state index is 0.0370. The largest absolute Gasteiger partial charge is 0.497 e. The van der Waals surface area contributed by atoms with Crippen LogP contribution in [0.1, 0.15) is 12.8 Å². The Hall–Kier alpha value is -2.65. The summed E-state index contributed by atoms with van der Waals surface area (Å²) in [5.74, 6) is 1.52. The highest BCUT2D eigenvalue weighted by Gasteiger charge is 2.27. The summed E-state index contributed by atoms with van der Waals surface area (Å²) in [6.45, 7) is 6.47. The van der Waals surface area contributed by atoms with Crippen molar-refractivity contribution >= 4 is 11.9 Å². The molecular weight excluding hydrogens is 386 g/mol. The van der Waals surface area contributed by atoms with Crippen molar-refractivity contribution in [3.63, 3.8) is 0 Å². The van der Waals surface area contributed by atoms with Gasteiger partial charge in [-0.1, -0.05) is 5.16 Å². The first-order chi connectivity index (χ1) is 14.7. The van der Waals surface area contributed by atoms with Crippen molar-refractivity contribution in [2.75, 3.05) is 64.5 Å². The number of anilines is 1. The van der Waals surface area contributed by atoms with Gasteiger partial charge in [-0.05, 0) is 37.1 Å². The van der Waals surface area contributed by atoms with Gasteiger partial charge in [0.2, 0.25) is 11.7 Å². The first kappa shape index (κ1) is 20.6. The Morgan fingerprint density at radius 1 is 1.17 bits per heavy atom. The topological polar surface area (TPSA) is 93.0 Å². The van der Waals surface area contributed by atoms with Crippen molar-refractivity contribution in [1.82, 2.24) is 20.4 Å². The van der Waals surface area contributed by atoms with Crippen molar-refractivity contribution in [3.05, 3.63) is 24.3 Å². The van der Waals surface area contributed by atoms with Crippen LogP contribution in [0.25, 0.3) is 11.4 Å². The average molecular weight is 415 g/mol. The fourth-order valence-electron chi connectivity index (χ4n) is 3.84. The summed E-state index contributed by atoms with van der Waals surface area (Å²) in [4.78, 5) is 21.4. The maximum Gasteiger partial charge on any atom is 0.324 e. The predicted molar refractivity (Wildman–Crippen MR) is 111 cm³/mol. The first-order valence-corrected chi connectivity index (χ1v) is 10.5. The molecule has 2 saturated heterocycles. The molecule has 2 aliphatic heterocycles. The molecule has 2 fully saturated rings. The zero-order valence-electron chi connectivity index (χ0n) is 17.4. The summed E-state index contributed by atoms with van der Waals surface area (Å²) in [6, 6.07) is 8.05. The molecule has 0 aliphatic carbocycles. The standard InChI is InChI=1S/C21H29N5O4/c1-28-18-4-2-16(3-5-18)19-23-21(30-24-19)26-9-6-17(7-10-26)20(27)22-8-11-25-12-14-29-15-13-25/h2-5,17H,6-15H2,1H3,(H,22,27). The Balaban J connectivity index is 1.23. The van der Waals surface area contributed by atoms with Crippen LogP contribution in [0, 0.1) is 5.92 Å². The monoisotopic (exact) mass is 415 g/mol. The first-order valence-electron chi connectivity index (χ1n) is 10.5. The highest BCUT2D eigenvalue weighted by Crippen LogP contribution is 2.25. The highest BCUT2D eigenvalue weighted by atomic mass is 16.5. The molecule has 9 nitrogen and oxygen atoms in total. The van der Waals surface area contributed by atoms with Crippen molar-refractivity contribution in [2.24, 2.45) is 5.92 Å². The third-order valence-corrected chi connectivity index (χ3v) is 5.73. The normalized spacial score (nSPS) is 18.4. The van der Waals surface area contributed by atoms with Crippen LogP contribution in [0.2, 0.25) is 0 Å². The Bertz CT molecular complexity index is 811. The number of benzene rings is 1. The number of methoxy groups -OCH3 is 1. The van der Waals surface area contributed by atoms with E-state index in [4.69, 9.17) is 14.0 Å². The third kappa shape index (κ3) is 5.09. The van der Waals surface area contributed by atoms with Gasteiger partial charge in [0.15, 0.2) is 0 Å². The van der Waals surface area contributed by atoms with Gasteiger partial charge in [-0.25, -0.2) is 0 Å². The fourth-order valence-corrected chi connectivity index (χ4v) is 3.84. The molecular formula is C21H29N5O4. The van der Waals surface area contributed by atoms with Crippen LogP contribution in [-0.2, 0) is 9.53 Å². The van der Waals surface area contributed by atoms with Crippen LogP contribution in [0.3, 0.4) is 0 Å². The Morgan fingerprint density at radius 2 is 1.90 bits per heavy atom. The van der Waals surface area contributed by atoms with E-state index in [1.165, 1.54) is 0 Å². The molecule has 0 radical (unpaired) electrons. The van der Waals surface area contributed by atoms with Crippen molar-refractivity contribution < 1.29 is 18.8 Å². The molecule has 9 heteroatoms. The minimum absolute atomic E-state index is 0.0370. The summed E-state index contributed by atoms with van der Waals surface area (Å²) in [5, 5.41) is 7.18. The van der Waals surface area contributed by atoms with Crippen LogP contribution in [-0.4, -0.2) is 80.5 Å². The van der Waals surface area contributed by atoms with E-state index in [-0.39, 0.29) is 11.8 Å². The van der Waals surface area contributed by atoms with E-state index in [1.807, 2.05) is 24.3 Å². The maximum absolute atomic E-state index is 12.5. The van der Waals surface area contributed by atoms with Gasteiger partial charge in [-0.3, -0.25) is 9.69 Å². The molecule has 1 aromatic heterocycles. The second-order valence-corrected chi connectivity index (χ2v) is 7.64. The number of hydrogen-bond acceptors (Lipinski definition) is 8. The van der Waals surface area contributed by atoms with Crippen molar-refractivity contribution in [3.8, 4) is 17.1 Å². The molecule has 0 atom stereocenters. The molecule has 0 unspecified atom stereocenters. The van der Waals surface area contributed by atoms with Gasteiger partial charge in [0.05, 0.1) is 20.3 Å². The van der Waals surface area contributed by atoms with E-state index < -0.39 is 0 Å². The van der Waals surface area contributed by atoms with Crippen LogP contribution in [0.5, 0.6) is 5.75 Å². The molecule has 3 heterocycles. The van der Waals surface area contributed by atoms with Gasteiger partial charge in [0.25, 0.3) is 0 Å². The third-order valence-electron chi connectivity index (χ3n) is 5.73. The summed E-state index contributed by atoms with van der Waals surface area (Å²) in [5.41, 5.74) is 0.875. The SMILES string of the molecule is COc1ccc(-c2noc(N3CCC(C(=O)NCCN4CCOCC4)CC3)n2)cc1. The van der Waals surface area contributed by atoms with Crippen molar-refractivity contribution in [2.45, 2.75) is 12.8 Å². The fraction of sp³-hybridized carbons (Fsp3) is 0.571. The lowest BCUT2D eigenvalue weighted by atomic mass is 9.96. The molecule has 2 aliphatic rings. The number of nitrogens with one attached hydrogen (secondary N) is 1. The second kappa shape index (κ2) is 9.90. The lowest BCUT2D eigenvalue weighted by Gasteiger charge is -2.30. The molecule has 30 heavy (non-hydrogen) atoms. The van der Waals surface area contributed by atoms with E-state index in [9.17, 15) is 4.79 Å². The van der Waals surface area contributed by atoms with Gasteiger partial charge in [0.1, 0.15) is 5.75 Å². The highest BCUT2D eigenvalue weighted by molar-refractivity contribution is 5.78. The second-order valence-electron chi connectivity index (χ2n) is 7.64. The number of amides is 1. The number of piperidine rings is 1.